The van der Waals surface area contributed by atoms with E-state index in [1.165, 1.54) is 12.1 Å². The summed E-state index contributed by atoms with van der Waals surface area (Å²) in [7, 11) is 0. The fourth-order valence-corrected chi connectivity index (χ4v) is 3.41. The summed E-state index contributed by atoms with van der Waals surface area (Å²) >= 11 is 0. The van der Waals surface area contributed by atoms with Gasteiger partial charge in [0.2, 0.25) is 17.8 Å². The number of halogens is 9. The first-order valence-electron chi connectivity index (χ1n) is 9.41. The SMILES string of the molecule is N#Cc1c(-c2c(F)cnc(F)c2F)nc(-c2c(F)cnc(F)c2F)c(C#N)c1-c1c(F)cnc(F)c1F. The summed E-state index contributed by atoms with van der Waals surface area (Å²) in [5.41, 5.74) is -11.0. The van der Waals surface area contributed by atoms with Gasteiger partial charge in [0.15, 0.2) is 34.9 Å². The second-order valence-electron chi connectivity index (χ2n) is 6.92. The molecule has 0 atom stereocenters. The van der Waals surface area contributed by atoms with Crippen molar-refractivity contribution in [2.75, 3.05) is 0 Å². The van der Waals surface area contributed by atoms with E-state index >= 15 is 0 Å². The van der Waals surface area contributed by atoms with Crippen LogP contribution in [0, 0.1) is 75.4 Å². The Kier molecular flexibility index (Phi) is 6.23. The van der Waals surface area contributed by atoms with Gasteiger partial charge < -0.3 is 0 Å². The fourth-order valence-electron chi connectivity index (χ4n) is 3.41. The van der Waals surface area contributed by atoms with Gasteiger partial charge in [-0.2, -0.15) is 23.7 Å². The first-order valence-corrected chi connectivity index (χ1v) is 9.41. The molecule has 6 nitrogen and oxygen atoms in total. The molecule has 37 heavy (non-hydrogen) atoms. The quantitative estimate of drug-likeness (QED) is 0.269. The van der Waals surface area contributed by atoms with E-state index in [2.05, 4.69) is 19.9 Å². The van der Waals surface area contributed by atoms with E-state index in [-0.39, 0.29) is 18.6 Å². The Morgan fingerprint density at radius 2 is 0.811 bits per heavy atom. The minimum absolute atomic E-state index is 0.108. The molecule has 0 saturated carbocycles. The minimum atomic E-state index is -2.13. The lowest BCUT2D eigenvalue weighted by molar-refractivity contribution is 0.466. The topological polar surface area (TPSA) is 99.1 Å². The average molecular weight is 522 g/mol. The maximum atomic E-state index is 14.7. The van der Waals surface area contributed by atoms with Crippen molar-refractivity contribution in [2.24, 2.45) is 0 Å². The molecule has 184 valence electrons. The number of hydrogen-bond acceptors (Lipinski definition) is 6. The van der Waals surface area contributed by atoms with Gasteiger partial charge in [-0.15, -0.1) is 0 Å². The number of nitrogens with zero attached hydrogens (tertiary/aromatic N) is 6. The molecule has 0 aliphatic rings. The van der Waals surface area contributed by atoms with Crippen LogP contribution in [0.5, 0.6) is 0 Å². The van der Waals surface area contributed by atoms with Crippen molar-refractivity contribution in [1.82, 2.24) is 19.9 Å². The van der Waals surface area contributed by atoms with Gasteiger partial charge >= 0.3 is 0 Å². The van der Waals surface area contributed by atoms with E-state index in [1.807, 2.05) is 0 Å². The molecule has 4 rings (SSSR count). The molecule has 0 N–H and O–H groups in total. The summed E-state index contributed by atoms with van der Waals surface area (Å²) in [6.45, 7) is 0. The molecule has 0 unspecified atom stereocenters. The highest BCUT2D eigenvalue weighted by molar-refractivity contribution is 5.90. The number of hydrogen-bond donors (Lipinski definition) is 0. The summed E-state index contributed by atoms with van der Waals surface area (Å²) in [6.07, 6.45) is 0.347. The molecule has 4 aromatic heterocycles. The molecule has 0 aromatic carbocycles. The average Bonchev–Trinajstić information content (AvgIpc) is 2.87. The molecular weight excluding hydrogens is 519 g/mol. The molecule has 0 aliphatic carbocycles. The molecule has 15 heteroatoms. The first-order chi connectivity index (χ1) is 17.5. The van der Waals surface area contributed by atoms with Gasteiger partial charge in [0.1, 0.15) is 12.1 Å². The normalized spacial score (nSPS) is 10.8. The van der Waals surface area contributed by atoms with Gasteiger partial charge in [0, 0.05) is 5.56 Å². The van der Waals surface area contributed by atoms with Crippen LogP contribution in [0.1, 0.15) is 11.1 Å². The third-order valence-corrected chi connectivity index (χ3v) is 4.94. The Morgan fingerprint density at radius 3 is 1.16 bits per heavy atom. The van der Waals surface area contributed by atoms with Crippen molar-refractivity contribution in [3.8, 4) is 45.8 Å². The Bertz CT molecular complexity index is 1620. The summed E-state index contributed by atoms with van der Waals surface area (Å²) in [4.78, 5) is 11.8. The Labute approximate surface area is 198 Å². The smallest absolute Gasteiger partial charge is 0.244 e. The van der Waals surface area contributed by atoms with Gasteiger partial charge in [-0.05, 0) is 0 Å². The summed E-state index contributed by atoms with van der Waals surface area (Å²) in [5, 5.41) is 19.5. The Balaban J connectivity index is 2.35. The van der Waals surface area contributed by atoms with Crippen molar-refractivity contribution >= 4 is 0 Å². The van der Waals surface area contributed by atoms with Crippen molar-refractivity contribution in [1.29, 1.82) is 10.5 Å². The molecule has 0 spiro atoms. The lowest BCUT2D eigenvalue weighted by atomic mass is 9.89. The highest BCUT2D eigenvalue weighted by Gasteiger charge is 2.33. The third kappa shape index (κ3) is 3.86. The van der Waals surface area contributed by atoms with Gasteiger partial charge in [-0.1, -0.05) is 0 Å². The van der Waals surface area contributed by atoms with Crippen LogP contribution in [0.3, 0.4) is 0 Å². The first kappa shape index (κ1) is 25.1. The zero-order valence-electron chi connectivity index (χ0n) is 17.3. The predicted molar refractivity (Wildman–Crippen MR) is 103 cm³/mol. The molecule has 0 fully saturated rings. The molecular formula is C22H3F9N6. The Morgan fingerprint density at radius 1 is 0.486 bits per heavy atom. The van der Waals surface area contributed by atoms with E-state index in [9.17, 15) is 50.0 Å². The van der Waals surface area contributed by atoms with Gasteiger partial charge in [-0.25, -0.2) is 46.3 Å². The standard InChI is InChI=1S/C22H3F9N6/c23-8-3-34-20(29)15(26)12(8)11-6(1-32)18(13-9(24)4-35-21(30)16(13)27)37-19(7(11)2-33)14-10(25)5-36-22(31)17(14)28/h3-5H. The van der Waals surface area contributed by atoms with E-state index in [0.29, 0.717) is 0 Å². The maximum Gasteiger partial charge on any atom is 0.249 e. The lowest BCUT2D eigenvalue weighted by Crippen LogP contribution is -2.10. The van der Waals surface area contributed by atoms with Crippen LogP contribution >= 0.6 is 0 Å². The molecule has 0 saturated heterocycles. The van der Waals surface area contributed by atoms with Crippen LogP contribution in [-0.2, 0) is 0 Å². The van der Waals surface area contributed by atoms with Gasteiger partial charge in [-0.3, -0.25) is 0 Å². The molecule has 0 amide bonds. The Hall–Kier alpha value is -5.05. The predicted octanol–water partition coefficient (Wildman–Crippen LogP) is 5.26. The van der Waals surface area contributed by atoms with E-state index in [1.54, 1.807) is 0 Å². The van der Waals surface area contributed by atoms with Crippen LogP contribution in [0.25, 0.3) is 33.6 Å². The zero-order chi connectivity index (χ0) is 27.2. The number of pyridine rings is 4. The zero-order valence-corrected chi connectivity index (χ0v) is 17.3. The van der Waals surface area contributed by atoms with Gasteiger partial charge in [0.05, 0.1) is 57.8 Å². The van der Waals surface area contributed by atoms with E-state index < -0.39 is 97.5 Å². The second-order valence-corrected chi connectivity index (χ2v) is 6.92. The van der Waals surface area contributed by atoms with Crippen LogP contribution in [0.2, 0.25) is 0 Å². The van der Waals surface area contributed by atoms with Crippen LogP contribution < -0.4 is 0 Å². The van der Waals surface area contributed by atoms with Crippen LogP contribution in [0.15, 0.2) is 18.6 Å². The van der Waals surface area contributed by atoms with E-state index in [0.717, 1.165) is 0 Å². The second kappa shape index (κ2) is 9.19. The summed E-state index contributed by atoms with van der Waals surface area (Å²) in [5.74, 6) is -17.4. The van der Waals surface area contributed by atoms with Crippen LogP contribution in [0.4, 0.5) is 39.5 Å². The number of rotatable bonds is 3. The number of nitriles is 2. The minimum Gasteiger partial charge on any atom is -0.244 e. The monoisotopic (exact) mass is 522 g/mol. The largest absolute Gasteiger partial charge is 0.249 e. The maximum absolute atomic E-state index is 14.7. The lowest BCUT2D eigenvalue weighted by Gasteiger charge is -2.17. The van der Waals surface area contributed by atoms with Crippen molar-refractivity contribution in [3.05, 3.63) is 82.5 Å². The highest BCUT2D eigenvalue weighted by Crippen LogP contribution is 2.42. The van der Waals surface area contributed by atoms with Crippen molar-refractivity contribution in [2.45, 2.75) is 0 Å². The molecule has 4 heterocycles. The number of aromatic nitrogens is 4. The molecule has 4 aromatic rings. The van der Waals surface area contributed by atoms with E-state index in [4.69, 9.17) is 0 Å². The van der Waals surface area contributed by atoms with Gasteiger partial charge in [0.25, 0.3) is 0 Å². The summed E-state index contributed by atoms with van der Waals surface area (Å²) in [6, 6.07) is 2.53. The third-order valence-electron chi connectivity index (χ3n) is 4.94. The summed E-state index contributed by atoms with van der Waals surface area (Å²) < 4.78 is 130. The molecule has 0 aliphatic heterocycles. The van der Waals surface area contributed by atoms with Crippen LogP contribution in [-0.4, -0.2) is 19.9 Å². The van der Waals surface area contributed by atoms with Crippen molar-refractivity contribution < 1.29 is 39.5 Å². The highest BCUT2D eigenvalue weighted by atomic mass is 19.2. The molecule has 0 bridgehead atoms. The van der Waals surface area contributed by atoms with Crippen molar-refractivity contribution in [3.63, 3.8) is 0 Å². The fraction of sp³-hybridized carbons (Fsp3) is 0. The molecule has 0 radical (unpaired) electrons.